The molecule has 2 heterocycles. The van der Waals surface area contributed by atoms with Gasteiger partial charge in [0, 0.05) is 13.1 Å². The van der Waals surface area contributed by atoms with E-state index in [-0.39, 0.29) is 18.1 Å². The van der Waals surface area contributed by atoms with Crippen molar-refractivity contribution in [2.45, 2.75) is 19.0 Å². The molecule has 1 aromatic rings. The third kappa shape index (κ3) is 2.40. The predicted octanol–water partition coefficient (Wildman–Crippen LogP) is 2.97. The Morgan fingerprint density at radius 1 is 1.38 bits per heavy atom. The van der Waals surface area contributed by atoms with Gasteiger partial charge in [0.25, 0.3) is 0 Å². The highest BCUT2D eigenvalue weighted by molar-refractivity contribution is 6.99. The van der Waals surface area contributed by atoms with E-state index in [0.29, 0.717) is 18.8 Å². The monoisotopic (exact) mass is 271 g/mol. The molecule has 1 aliphatic heterocycles. The Morgan fingerprint density at radius 3 is 2.69 bits per heavy atom. The van der Waals surface area contributed by atoms with E-state index in [4.69, 9.17) is 11.6 Å². The van der Waals surface area contributed by atoms with Crippen LogP contribution in [0.15, 0.2) is 0 Å². The molecule has 0 radical (unpaired) electrons. The summed E-state index contributed by atoms with van der Waals surface area (Å²) in [7, 11) is 0. The molecule has 16 heavy (non-hydrogen) atoms. The number of alkyl halides is 3. The summed E-state index contributed by atoms with van der Waals surface area (Å²) in [4.78, 5) is 1.56. The van der Waals surface area contributed by atoms with E-state index >= 15 is 0 Å². The number of hydrogen-bond donors (Lipinski definition) is 0. The van der Waals surface area contributed by atoms with E-state index in [1.807, 2.05) is 0 Å². The first-order valence-corrected chi connectivity index (χ1v) is 5.89. The van der Waals surface area contributed by atoms with Crippen LogP contribution in [-0.4, -0.2) is 28.0 Å². The fourth-order valence-corrected chi connectivity index (χ4v) is 2.58. The summed E-state index contributed by atoms with van der Waals surface area (Å²) < 4.78 is 45.4. The molecule has 0 saturated carbocycles. The normalized spacial score (nSPS) is 22.5. The van der Waals surface area contributed by atoms with E-state index in [2.05, 4.69) is 8.75 Å². The summed E-state index contributed by atoms with van der Waals surface area (Å²) in [6, 6.07) is 0. The minimum Gasteiger partial charge on any atom is -0.353 e. The molecule has 0 spiro atoms. The van der Waals surface area contributed by atoms with Gasteiger partial charge in [-0.05, 0) is 12.8 Å². The van der Waals surface area contributed by atoms with Crippen molar-refractivity contribution in [2.75, 3.05) is 18.0 Å². The molecule has 3 nitrogen and oxygen atoms in total. The quantitative estimate of drug-likeness (QED) is 0.786. The Morgan fingerprint density at radius 2 is 2.12 bits per heavy atom. The van der Waals surface area contributed by atoms with Crippen molar-refractivity contribution in [1.82, 2.24) is 8.75 Å². The minimum absolute atomic E-state index is 0.0748. The fraction of sp³-hybridized carbons (Fsp3) is 0.750. The molecular weight excluding hydrogens is 263 g/mol. The highest BCUT2D eigenvalue weighted by Gasteiger charge is 2.42. The summed E-state index contributed by atoms with van der Waals surface area (Å²) >= 11 is 6.66. The highest BCUT2D eigenvalue weighted by atomic mass is 35.5. The van der Waals surface area contributed by atoms with Gasteiger partial charge in [-0.1, -0.05) is 11.6 Å². The van der Waals surface area contributed by atoms with Crippen LogP contribution in [0.5, 0.6) is 0 Å². The average molecular weight is 272 g/mol. The third-order valence-electron chi connectivity index (χ3n) is 2.62. The lowest BCUT2D eigenvalue weighted by atomic mass is 9.98. The number of halogens is 4. The van der Waals surface area contributed by atoms with Crippen LogP contribution in [0.25, 0.3) is 0 Å². The second-order valence-electron chi connectivity index (χ2n) is 3.71. The SMILES string of the molecule is FC(F)(F)C1CCCN(c2nsnc2Cl)C1. The molecule has 1 atom stereocenters. The number of anilines is 1. The van der Waals surface area contributed by atoms with Crippen LogP contribution < -0.4 is 4.90 Å². The molecule has 0 N–H and O–H groups in total. The topological polar surface area (TPSA) is 29.0 Å². The Kier molecular flexibility index (Phi) is 3.25. The number of rotatable bonds is 1. The van der Waals surface area contributed by atoms with Crippen molar-refractivity contribution >= 4 is 29.1 Å². The lowest BCUT2D eigenvalue weighted by Crippen LogP contribution is -2.42. The van der Waals surface area contributed by atoms with Crippen molar-refractivity contribution in [3.8, 4) is 0 Å². The Bertz CT molecular complexity index is 368. The maximum Gasteiger partial charge on any atom is 0.393 e. The second kappa shape index (κ2) is 4.37. The highest BCUT2D eigenvalue weighted by Crippen LogP contribution is 2.35. The summed E-state index contributed by atoms with van der Waals surface area (Å²) in [6.07, 6.45) is -3.47. The molecule has 0 aromatic carbocycles. The van der Waals surface area contributed by atoms with Gasteiger partial charge in [0.05, 0.1) is 17.6 Å². The van der Waals surface area contributed by atoms with Crippen LogP contribution in [0, 0.1) is 5.92 Å². The van der Waals surface area contributed by atoms with Gasteiger partial charge in [0.2, 0.25) is 0 Å². The molecule has 0 bridgehead atoms. The molecule has 1 fully saturated rings. The molecule has 90 valence electrons. The fourth-order valence-electron chi connectivity index (χ4n) is 1.80. The predicted molar refractivity (Wildman–Crippen MR) is 55.9 cm³/mol. The summed E-state index contributed by atoms with van der Waals surface area (Å²) in [6.45, 7) is 0.479. The van der Waals surface area contributed by atoms with Crippen LogP contribution >= 0.6 is 23.3 Å². The largest absolute Gasteiger partial charge is 0.393 e. The number of piperidine rings is 1. The first kappa shape index (κ1) is 11.9. The van der Waals surface area contributed by atoms with Crippen molar-refractivity contribution in [2.24, 2.45) is 5.92 Å². The zero-order valence-electron chi connectivity index (χ0n) is 8.17. The molecule has 0 aliphatic carbocycles. The Balaban J connectivity index is 2.11. The van der Waals surface area contributed by atoms with Gasteiger partial charge in [-0.15, -0.1) is 0 Å². The van der Waals surface area contributed by atoms with E-state index in [0.717, 1.165) is 11.7 Å². The lowest BCUT2D eigenvalue weighted by molar-refractivity contribution is -0.176. The second-order valence-corrected chi connectivity index (χ2v) is 4.59. The lowest BCUT2D eigenvalue weighted by Gasteiger charge is -2.33. The smallest absolute Gasteiger partial charge is 0.353 e. The van der Waals surface area contributed by atoms with Gasteiger partial charge < -0.3 is 4.90 Å². The molecule has 8 heteroatoms. The molecular formula is C8H9ClF3N3S. The Hall–Kier alpha value is -0.560. The third-order valence-corrected chi connectivity index (χ3v) is 3.49. The van der Waals surface area contributed by atoms with Gasteiger partial charge >= 0.3 is 6.18 Å². The first-order chi connectivity index (χ1) is 7.48. The van der Waals surface area contributed by atoms with Crippen molar-refractivity contribution in [3.05, 3.63) is 5.15 Å². The van der Waals surface area contributed by atoms with Crippen molar-refractivity contribution in [3.63, 3.8) is 0 Å². The average Bonchev–Trinajstić information content (AvgIpc) is 2.63. The van der Waals surface area contributed by atoms with E-state index < -0.39 is 12.1 Å². The zero-order chi connectivity index (χ0) is 11.8. The van der Waals surface area contributed by atoms with Gasteiger partial charge in [-0.25, -0.2) is 0 Å². The molecule has 1 unspecified atom stereocenters. The standard InChI is InChI=1S/C8H9ClF3N3S/c9-6-7(14-16-13-6)15-3-1-2-5(4-15)8(10,11)12/h5H,1-4H2. The maximum absolute atomic E-state index is 12.6. The van der Waals surface area contributed by atoms with E-state index in [9.17, 15) is 13.2 Å². The molecule has 1 aromatic heterocycles. The van der Waals surface area contributed by atoms with Crippen LogP contribution in [0.2, 0.25) is 5.15 Å². The summed E-state index contributed by atoms with van der Waals surface area (Å²) in [5.41, 5.74) is 0. The molecule has 1 aliphatic rings. The first-order valence-electron chi connectivity index (χ1n) is 4.78. The molecule has 1 saturated heterocycles. The van der Waals surface area contributed by atoms with Crippen LogP contribution in [0.4, 0.5) is 19.0 Å². The van der Waals surface area contributed by atoms with Crippen molar-refractivity contribution in [1.29, 1.82) is 0 Å². The van der Waals surface area contributed by atoms with Gasteiger partial charge in [-0.2, -0.15) is 21.9 Å². The van der Waals surface area contributed by atoms with Gasteiger partial charge in [-0.3, -0.25) is 0 Å². The maximum atomic E-state index is 12.6. The summed E-state index contributed by atoms with van der Waals surface area (Å²) in [5, 5.41) is 0.188. The van der Waals surface area contributed by atoms with Crippen LogP contribution in [-0.2, 0) is 0 Å². The molecule has 2 rings (SSSR count). The zero-order valence-corrected chi connectivity index (χ0v) is 9.74. The summed E-state index contributed by atoms with van der Waals surface area (Å²) in [5.74, 6) is -0.917. The van der Waals surface area contributed by atoms with E-state index in [1.165, 1.54) is 0 Å². The Labute approximate surface area is 99.5 Å². The van der Waals surface area contributed by atoms with Crippen LogP contribution in [0.1, 0.15) is 12.8 Å². The van der Waals surface area contributed by atoms with Gasteiger partial charge in [0.1, 0.15) is 0 Å². The van der Waals surface area contributed by atoms with Crippen molar-refractivity contribution < 1.29 is 13.2 Å². The molecule has 0 amide bonds. The number of hydrogen-bond acceptors (Lipinski definition) is 4. The van der Waals surface area contributed by atoms with E-state index in [1.54, 1.807) is 4.90 Å². The number of aromatic nitrogens is 2. The number of nitrogens with zero attached hydrogens (tertiary/aromatic N) is 3. The minimum atomic E-state index is -4.14. The van der Waals surface area contributed by atoms with Crippen LogP contribution in [0.3, 0.4) is 0 Å². The van der Waals surface area contributed by atoms with Gasteiger partial charge in [0.15, 0.2) is 11.0 Å².